The van der Waals surface area contributed by atoms with E-state index >= 15 is 0 Å². The van der Waals surface area contributed by atoms with Crippen molar-refractivity contribution < 1.29 is 14.3 Å². The maximum absolute atomic E-state index is 13.0. The van der Waals surface area contributed by atoms with E-state index in [1.54, 1.807) is 41.3 Å². The molecule has 0 saturated heterocycles. The number of benzene rings is 2. The van der Waals surface area contributed by atoms with Gasteiger partial charge >= 0.3 is 6.03 Å². The van der Waals surface area contributed by atoms with Crippen LogP contribution in [0.15, 0.2) is 47.3 Å². The average Bonchev–Trinajstić information content (AvgIpc) is 2.77. The summed E-state index contributed by atoms with van der Waals surface area (Å²) < 4.78 is 11.2. The van der Waals surface area contributed by atoms with Gasteiger partial charge in [-0.3, -0.25) is 4.79 Å². The van der Waals surface area contributed by atoms with Gasteiger partial charge in [0.2, 0.25) is 0 Å². The number of fused-ring (bicyclic) bond motifs is 2. The lowest BCUT2D eigenvalue weighted by molar-refractivity contribution is 0.172. The number of carbonyl (C=O) groups is 1. The van der Waals surface area contributed by atoms with Crippen LogP contribution in [-0.4, -0.2) is 61.2 Å². The van der Waals surface area contributed by atoms with Gasteiger partial charge in [-0.1, -0.05) is 11.6 Å². The number of carbonyl (C=O) groups excluding carboxylic acids is 1. The zero-order chi connectivity index (χ0) is 22.7. The number of amides is 2. The standard InChI is InChI=1S/C23H25ClN4O4/c1-27(2)7-8-28(23(30)25-18-5-3-17(24)4-6-18)14-16-11-15-12-20-21(32-10-9-31-20)13-19(15)26-22(16)29/h3-6,11-13H,7-10,14H2,1-2H3,(H,25,30)(H,26,29). The van der Waals surface area contributed by atoms with Crippen molar-refractivity contribution >= 4 is 34.2 Å². The van der Waals surface area contributed by atoms with Crippen LogP contribution in [0.25, 0.3) is 10.9 Å². The van der Waals surface area contributed by atoms with Crippen molar-refractivity contribution in [3.05, 3.63) is 63.4 Å². The maximum atomic E-state index is 13.0. The summed E-state index contributed by atoms with van der Waals surface area (Å²) in [4.78, 5) is 32.3. The van der Waals surface area contributed by atoms with Crippen LogP contribution in [0, 0.1) is 0 Å². The summed E-state index contributed by atoms with van der Waals surface area (Å²) in [5, 5.41) is 4.28. The number of urea groups is 1. The molecule has 0 fully saturated rings. The van der Waals surface area contributed by atoms with E-state index in [1.807, 2.05) is 25.1 Å². The van der Waals surface area contributed by atoms with Crippen molar-refractivity contribution in [3.63, 3.8) is 0 Å². The molecule has 0 radical (unpaired) electrons. The topological polar surface area (TPSA) is 86.9 Å². The van der Waals surface area contributed by atoms with Gasteiger partial charge in [0.05, 0.1) is 12.1 Å². The fourth-order valence-electron chi connectivity index (χ4n) is 3.42. The molecule has 0 bridgehead atoms. The molecule has 0 aliphatic carbocycles. The largest absolute Gasteiger partial charge is 0.486 e. The molecule has 8 nitrogen and oxygen atoms in total. The Labute approximate surface area is 190 Å². The van der Waals surface area contributed by atoms with E-state index in [9.17, 15) is 9.59 Å². The molecule has 0 saturated carbocycles. The molecule has 0 unspecified atom stereocenters. The highest BCUT2D eigenvalue weighted by molar-refractivity contribution is 6.30. The Bertz CT molecular complexity index is 1180. The predicted molar refractivity (Wildman–Crippen MR) is 125 cm³/mol. The Hall–Kier alpha value is -3.23. The SMILES string of the molecule is CN(C)CCN(Cc1cc2cc3c(cc2[nH]c1=O)OCCO3)C(=O)Nc1ccc(Cl)cc1. The summed E-state index contributed by atoms with van der Waals surface area (Å²) in [6.45, 7) is 2.22. The molecular formula is C23H25ClN4O4. The Morgan fingerprint density at radius 1 is 1.06 bits per heavy atom. The Kier molecular flexibility index (Phi) is 6.53. The van der Waals surface area contributed by atoms with Crippen molar-refractivity contribution in [3.8, 4) is 11.5 Å². The lowest BCUT2D eigenvalue weighted by Gasteiger charge is -2.25. The van der Waals surface area contributed by atoms with Crippen LogP contribution >= 0.6 is 11.6 Å². The van der Waals surface area contributed by atoms with E-state index in [-0.39, 0.29) is 18.1 Å². The predicted octanol–water partition coefficient (Wildman–Crippen LogP) is 3.55. The summed E-state index contributed by atoms with van der Waals surface area (Å²) >= 11 is 5.93. The van der Waals surface area contributed by atoms with Gasteiger partial charge in [0.25, 0.3) is 5.56 Å². The Balaban J connectivity index is 1.60. The number of halogens is 1. The molecule has 2 aromatic carbocycles. The lowest BCUT2D eigenvalue weighted by atomic mass is 10.1. The van der Waals surface area contributed by atoms with E-state index in [4.69, 9.17) is 21.1 Å². The molecule has 2 N–H and O–H groups in total. The highest BCUT2D eigenvalue weighted by Gasteiger charge is 2.18. The number of aromatic amines is 1. The number of pyridine rings is 1. The van der Waals surface area contributed by atoms with Gasteiger partial charge in [-0.05, 0) is 50.5 Å². The monoisotopic (exact) mass is 456 g/mol. The molecular weight excluding hydrogens is 432 g/mol. The quantitative estimate of drug-likeness (QED) is 0.592. The fourth-order valence-corrected chi connectivity index (χ4v) is 3.55. The zero-order valence-corrected chi connectivity index (χ0v) is 18.7. The number of hydrogen-bond acceptors (Lipinski definition) is 5. The fraction of sp³-hybridized carbons (Fsp3) is 0.304. The van der Waals surface area contributed by atoms with Crippen LogP contribution in [0.4, 0.5) is 10.5 Å². The van der Waals surface area contributed by atoms with Gasteiger partial charge in [0.1, 0.15) is 13.2 Å². The van der Waals surface area contributed by atoms with Crippen molar-refractivity contribution in [1.29, 1.82) is 0 Å². The second kappa shape index (κ2) is 9.50. The minimum atomic E-state index is -0.296. The number of ether oxygens (including phenoxy) is 2. The van der Waals surface area contributed by atoms with E-state index in [0.717, 1.165) is 5.39 Å². The van der Waals surface area contributed by atoms with Crippen molar-refractivity contribution in [1.82, 2.24) is 14.8 Å². The Morgan fingerprint density at radius 2 is 1.75 bits per heavy atom. The molecule has 3 aromatic rings. The van der Waals surface area contributed by atoms with Crippen molar-refractivity contribution in [2.45, 2.75) is 6.54 Å². The smallest absolute Gasteiger partial charge is 0.322 e. The van der Waals surface area contributed by atoms with E-state index in [0.29, 0.717) is 59.6 Å². The summed E-state index contributed by atoms with van der Waals surface area (Å²) in [6, 6.07) is 12.0. The van der Waals surface area contributed by atoms with E-state index in [1.165, 1.54) is 0 Å². The zero-order valence-electron chi connectivity index (χ0n) is 18.0. The number of aromatic nitrogens is 1. The maximum Gasteiger partial charge on any atom is 0.322 e. The van der Waals surface area contributed by atoms with Crippen LogP contribution in [0.3, 0.4) is 0 Å². The van der Waals surface area contributed by atoms with Crippen LogP contribution in [0.5, 0.6) is 11.5 Å². The summed E-state index contributed by atoms with van der Waals surface area (Å²) in [6.07, 6.45) is 0. The molecule has 1 aliphatic rings. The van der Waals surface area contributed by atoms with Crippen LogP contribution in [-0.2, 0) is 6.54 Å². The normalized spacial score (nSPS) is 12.8. The molecule has 1 aromatic heterocycles. The van der Waals surface area contributed by atoms with E-state index in [2.05, 4.69) is 10.3 Å². The molecule has 1 aliphatic heterocycles. The molecule has 0 atom stereocenters. The highest BCUT2D eigenvalue weighted by Crippen LogP contribution is 2.33. The summed E-state index contributed by atoms with van der Waals surface area (Å²) in [5.41, 5.74) is 1.53. The molecule has 2 amide bonds. The second-order valence-corrected chi connectivity index (χ2v) is 8.31. The third-order valence-corrected chi connectivity index (χ3v) is 5.40. The minimum absolute atomic E-state index is 0.160. The van der Waals surface area contributed by atoms with Gasteiger partial charge in [-0.15, -0.1) is 0 Å². The van der Waals surface area contributed by atoms with Crippen LogP contribution in [0.1, 0.15) is 5.56 Å². The minimum Gasteiger partial charge on any atom is -0.486 e. The number of H-pyrrole nitrogens is 1. The van der Waals surface area contributed by atoms with Gasteiger partial charge in [0, 0.05) is 40.8 Å². The van der Waals surface area contributed by atoms with Gasteiger partial charge in [-0.2, -0.15) is 0 Å². The number of anilines is 1. The van der Waals surface area contributed by atoms with E-state index < -0.39 is 0 Å². The first-order valence-corrected chi connectivity index (χ1v) is 10.7. The van der Waals surface area contributed by atoms with Gasteiger partial charge in [0.15, 0.2) is 11.5 Å². The average molecular weight is 457 g/mol. The highest BCUT2D eigenvalue weighted by atomic mass is 35.5. The van der Waals surface area contributed by atoms with Crippen LogP contribution < -0.4 is 20.3 Å². The number of rotatable bonds is 6. The van der Waals surface area contributed by atoms with Gasteiger partial charge < -0.3 is 29.6 Å². The number of hydrogen-bond donors (Lipinski definition) is 2. The molecule has 9 heteroatoms. The van der Waals surface area contributed by atoms with Gasteiger partial charge in [-0.25, -0.2) is 4.79 Å². The summed E-state index contributed by atoms with van der Waals surface area (Å²) in [7, 11) is 3.87. The molecule has 32 heavy (non-hydrogen) atoms. The Morgan fingerprint density at radius 3 is 2.44 bits per heavy atom. The number of nitrogens with one attached hydrogen (secondary N) is 2. The number of nitrogens with zero attached hydrogens (tertiary/aromatic N) is 2. The molecule has 2 heterocycles. The first-order chi connectivity index (χ1) is 15.4. The molecule has 4 rings (SSSR count). The number of likely N-dealkylation sites (N-methyl/N-ethyl adjacent to an activating group) is 1. The molecule has 0 spiro atoms. The first kappa shape index (κ1) is 22.0. The molecule has 168 valence electrons. The summed E-state index contributed by atoms with van der Waals surface area (Å²) in [5.74, 6) is 1.26. The lowest BCUT2D eigenvalue weighted by Crippen LogP contribution is -2.40. The van der Waals surface area contributed by atoms with Crippen molar-refractivity contribution in [2.75, 3.05) is 45.7 Å². The second-order valence-electron chi connectivity index (χ2n) is 7.87. The first-order valence-electron chi connectivity index (χ1n) is 10.3. The third kappa shape index (κ3) is 5.15. The third-order valence-electron chi connectivity index (χ3n) is 5.14. The van der Waals surface area contributed by atoms with Crippen molar-refractivity contribution in [2.24, 2.45) is 0 Å². The van der Waals surface area contributed by atoms with Crippen LogP contribution in [0.2, 0.25) is 5.02 Å².